The summed E-state index contributed by atoms with van der Waals surface area (Å²) in [6, 6.07) is 10.3. The van der Waals surface area contributed by atoms with Crippen molar-refractivity contribution in [1.82, 2.24) is 4.98 Å². The number of hydrogen-bond acceptors (Lipinski definition) is 5. The lowest BCUT2D eigenvalue weighted by atomic mass is 10.0. The van der Waals surface area contributed by atoms with Crippen LogP contribution < -0.4 is 10.4 Å². The van der Waals surface area contributed by atoms with Crippen molar-refractivity contribution in [1.29, 1.82) is 0 Å². The fraction of sp³-hybridized carbons (Fsp3) is 0.118. The number of anilines is 1. The van der Waals surface area contributed by atoms with Gasteiger partial charge in [-0.15, -0.1) is 0 Å². The number of para-hydroxylation sites is 1. The summed E-state index contributed by atoms with van der Waals surface area (Å²) in [5.41, 5.74) is 2.58. The quantitative estimate of drug-likeness (QED) is 0.802. The molecule has 1 N–H and O–H groups in total. The number of carboxylic acids is 1. The molecule has 3 rings (SSSR count). The van der Waals surface area contributed by atoms with E-state index < -0.39 is 11.9 Å². The van der Waals surface area contributed by atoms with Crippen molar-refractivity contribution in [2.45, 2.75) is 13.8 Å². The number of carboxylic acid groups (broad SMARTS) is 1. The maximum atomic E-state index is 12.4. The van der Waals surface area contributed by atoms with E-state index in [1.165, 1.54) is 23.5 Å². The average molecular weight is 325 g/mol. The topological polar surface area (TPSA) is 82.1 Å². The highest BCUT2D eigenvalue weighted by molar-refractivity contribution is 7.22. The molecule has 6 heteroatoms. The number of hydrogen-bond donors (Lipinski definition) is 1. The molecule has 0 fully saturated rings. The first-order chi connectivity index (χ1) is 11.0. The van der Waals surface area contributed by atoms with Crippen LogP contribution in [0.4, 0.5) is 5.13 Å². The molecule has 0 aliphatic carbocycles. The molecule has 0 radical (unpaired) electrons. The van der Waals surface area contributed by atoms with Gasteiger partial charge in [0.1, 0.15) is 0 Å². The van der Waals surface area contributed by atoms with Gasteiger partial charge in [-0.2, -0.15) is 0 Å². The first kappa shape index (κ1) is 15.2. The van der Waals surface area contributed by atoms with Crippen LogP contribution in [0.3, 0.4) is 0 Å². The van der Waals surface area contributed by atoms with Gasteiger partial charge < -0.3 is 9.90 Å². The molecule has 0 bridgehead atoms. The van der Waals surface area contributed by atoms with Crippen LogP contribution in [0.15, 0.2) is 36.4 Å². The standard InChI is InChI=1S/C17H14N2O3S/c1-9-6-7-11(16(21)22)12(8-9)15(20)19-17-18-14-10(2)4-3-5-13(14)23-17/h3-8H,1-2H3,(H,21,22)(H,18,19,20)/p-1. The van der Waals surface area contributed by atoms with Crippen LogP contribution in [0.25, 0.3) is 10.2 Å². The van der Waals surface area contributed by atoms with Crippen LogP contribution in [0, 0.1) is 13.8 Å². The molecule has 1 aromatic heterocycles. The highest BCUT2D eigenvalue weighted by atomic mass is 32.1. The maximum Gasteiger partial charge on any atom is 0.258 e. The monoisotopic (exact) mass is 325 g/mol. The van der Waals surface area contributed by atoms with E-state index in [1.54, 1.807) is 13.0 Å². The number of amides is 1. The van der Waals surface area contributed by atoms with E-state index in [0.29, 0.717) is 5.13 Å². The molecule has 1 amide bonds. The summed E-state index contributed by atoms with van der Waals surface area (Å²) in [6.45, 7) is 3.74. The predicted octanol–water partition coefficient (Wildman–Crippen LogP) is 2.53. The fourth-order valence-corrected chi connectivity index (χ4v) is 3.27. The molecule has 0 saturated heterocycles. The minimum Gasteiger partial charge on any atom is -0.545 e. The molecule has 0 saturated carbocycles. The van der Waals surface area contributed by atoms with Gasteiger partial charge >= 0.3 is 0 Å². The summed E-state index contributed by atoms with van der Waals surface area (Å²) in [5.74, 6) is -1.89. The molecule has 0 unspecified atom stereocenters. The number of fused-ring (bicyclic) bond motifs is 1. The largest absolute Gasteiger partial charge is 0.545 e. The summed E-state index contributed by atoms with van der Waals surface area (Å²) < 4.78 is 0.963. The second-order valence-corrected chi connectivity index (χ2v) is 6.26. The molecule has 2 aromatic carbocycles. The van der Waals surface area contributed by atoms with Crippen LogP contribution in [0.1, 0.15) is 31.8 Å². The number of nitrogens with zero attached hydrogens (tertiary/aromatic N) is 1. The zero-order valence-corrected chi connectivity index (χ0v) is 13.4. The van der Waals surface area contributed by atoms with Gasteiger partial charge in [-0.1, -0.05) is 41.2 Å². The fourth-order valence-electron chi connectivity index (χ4n) is 2.33. The number of aromatic carboxylic acids is 1. The summed E-state index contributed by atoms with van der Waals surface area (Å²) in [7, 11) is 0. The number of aromatic nitrogens is 1. The molecule has 1 heterocycles. The van der Waals surface area contributed by atoms with Gasteiger partial charge in [-0.05, 0) is 31.5 Å². The molecular formula is C17H13N2O3S-. The molecule has 0 aliphatic heterocycles. The Bertz CT molecular complexity index is 931. The van der Waals surface area contributed by atoms with Gasteiger partial charge in [0.15, 0.2) is 5.13 Å². The Morgan fingerprint density at radius 1 is 1.13 bits per heavy atom. The van der Waals surface area contributed by atoms with Gasteiger partial charge in [0.25, 0.3) is 5.91 Å². The van der Waals surface area contributed by atoms with E-state index in [-0.39, 0.29) is 11.1 Å². The summed E-state index contributed by atoms with van der Waals surface area (Å²) in [6.07, 6.45) is 0. The van der Waals surface area contributed by atoms with Crippen LogP contribution in [0.5, 0.6) is 0 Å². The third-order valence-electron chi connectivity index (χ3n) is 3.48. The van der Waals surface area contributed by atoms with E-state index >= 15 is 0 Å². The minimum atomic E-state index is -1.38. The van der Waals surface area contributed by atoms with Crippen molar-refractivity contribution in [3.8, 4) is 0 Å². The van der Waals surface area contributed by atoms with Gasteiger partial charge in [0.2, 0.25) is 0 Å². The molecular weight excluding hydrogens is 312 g/mol. The first-order valence-electron chi connectivity index (χ1n) is 6.95. The van der Waals surface area contributed by atoms with Gasteiger partial charge in [0, 0.05) is 11.1 Å². The van der Waals surface area contributed by atoms with E-state index in [1.807, 2.05) is 25.1 Å². The Labute approximate surface area is 136 Å². The molecule has 0 spiro atoms. The SMILES string of the molecule is Cc1ccc(C(=O)[O-])c(C(=O)Nc2nc3c(C)cccc3s2)c1. The Kier molecular flexibility index (Phi) is 3.83. The van der Waals surface area contributed by atoms with Crippen LogP contribution >= 0.6 is 11.3 Å². The second-order valence-electron chi connectivity index (χ2n) is 5.23. The number of carbonyl (C=O) groups is 2. The second kappa shape index (κ2) is 5.81. The van der Waals surface area contributed by atoms with Gasteiger partial charge in [0.05, 0.1) is 16.2 Å². The van der Waals surface area contributed by atoms with Crippen molar-refractivity contribution in [2.24, 2.45) is 0 Å². The molecule has 23 heavy (non-hydrogen) atoms. The number of rotatable bonds is 3. The molecule has 0 atom stereocenters. The van der Waals surface area contributed by atoms with Crippen molar-refractivity contribution in [3.63, 3.8) is 0 Å². The lowest BCUT2D eigenvalue weighted by Gasteiger charge is -2.10. The minimum absolute atomic E-state index is 0.0704. The summed E-state index contributed by atoms with van der Waals surface area (Å²) >= 11 is 1.35. The highest BCUT2D eigenvalue weighted by Gasteiger charge is 2.15. The predicted molar refractivity (Wildman–Crippen MR) is 87.8 cm³/mol. The smallest absolute Gasteiger partial charge is 0.258 e. The number of thiazole rings is 1. The van der Waals surface area contributed by atoms with Crippen LogP contribution in [-0.4, -0.2) is 16.9 Å². The molecule has 3 aromatic rings. The Balaban J connectivity index is 1.96. The lowest BCUT2D eigenvalue weighted by molar-refractivity contribution is -0.255. The summed E-state index contributed by atoms with van der Waals surface area (Å²) in [4.78, 5) is 28.0. The van der Waals surface area contributed by atoms with Crippen molar-refractivity contribution in [2.75, 3.05) is 5.32 Å². The van der Waals surface area contributed by atoms with Crippen LogP contribution in [-0.2, 0) is 0 Å². The van der Waals surface area contributed by atoms with Crippen molar-refractivity contribution >= 4 is 38.6 Å². The molecule has 116 valence electrons. The number of aryl methyl sites for hydroxylation is 2. The van der Waals surface area contributed by atoms with Gasteiger partial charge in [-0.3, -0.25) is 10.1 Å². The molecule has 5 nitrogen and oxygen atoms in total. The Morgan fingerprint density at radius 2 is 1.91 bits per heavy atom. The Hall–Kier alpha value is -2.73. The number of carbonyl (C=O) groups excluding carboxylic acids is 2. The average Bonchev–Trinajstić information content (AvgIpc) is 2.90. The van der Waals surface area contributed by atoms with Gasteiger partial charge in [-0.25, -0.2) is 4.98 Å². The highest BCUT2D eigenvalue weighted by Crippen LogP contribution is 2.28. The number of benzene rings is 2. The van der Waals surface area contributed by atoms with E-state index in [0.717, 1.165) is 21.3 Å². The normalized spacial score (nSPS) is 10.7. The third-order valence-corrected chi connectivity index (χ3v) is 4.42. The van der Waals surface area contributed by atoms with E-state index in [4.69, 9.17) is 0 Å². The molecule has 0 aliphatic rings. The number of nitrogens with one attached hydrogen (secondary N) is 1. The first-order valence-corrected chi connectivity index (χ1v) is 7.77. The van der Waals surface area contributed by atoms with Crippen molar-refractivity contribution in [3.05, 3.63) is 58.7 Å². The van der Waals surface area contributed by atoms with Crippen molar-refractivity contribution < 1.29 is 14.7 Å². The maximum absolute atomic E-state index is 12.4. The zero-order valence-electron chi connectivity index (χ0n) is 12.5. The van der Waals surface area contributed by atoms with E-state index in [9.17, 15) is 14.7 Å². The lowest BCUT2D eigenvalue weighted by Crippen LogP contribution is -2.26. The van der Waals surface area contributed by atoms with E-state index in [2.05, 4.69) is 10.3 Å². The summed E-state index contributed by atoms with van der Waals surface area (Å²) in [5, 5.41) is 14.3. The zero-order chi connectivity index (χ0) is 16.6. The Morgan fingerprint density at radius 3 is 2.61 bits per heavy atom. The van der Waals surface area contributed by atoms with Crippen LogP contribution in [0.2, 0.25) is 0 Å². The third kappa shape index (κ3) is 2.93.